The molecule has 1 amide bonds. The van der Waals surface area contributed by atoms with Crippen molar-refractivity contribution in [2.75, 3.05) is 23.7 Å². The van der Waals surface area contributed by atoms with Crippen molar-refractivity contribution in [3.05, 3.63) is 76.1 Å². The smallest absolute Gasteiger partial charge is 0.355 e. The number of hydrogen-bond donors (Lipinski definition) is 1. The minimum atomic E-state index is -0.491. The van der Waals surface area contributed by atoms with E-state index in [0.717, 1.165) is 11.3 Å². The number of carbonyl (C=O) groups excluding carboxylic acids is 1. The van der Waals surface area contributed by atoms with Crippen LogP contribution in [0, 0.1) is 6.92 Å². The van der Waals surface area contributed by atoms with Gasteiger partial charge in [0.15, 0.2) is 5.65 Å². The second kappa shape index (κ2) is 11.9. The number of nitrogens with two attached hydrogens (primary N) is 1. The first-order valence-electron chi connectivity index (χ1n) is 13.5. The maximum Gasteiger partial charge on any atom is 0.355 e. The van der Waals surface area contributed by atoms with Gasteiger partial charge in [-0.25, -0.2) is 19.3 Å². The molecule has 0 spiro atoms. The number of nitrogen functional groups attached to an aromatic ring is 1. The summed E-state index contributed by atoms with van der Waals surface area (Å²) >= 11 is 6.86. The predicted octanol–water partition coefficient (Wildman–Crippen LogP) is 5.15. The maximum absolute atomic E-state index is 14.0. The van der Waals surface area contributed by atoms with E-state index < -0.39 is 5.69 Å². The molecule has 1 saturated heterocycles. The highest BCUT2D eigenvalue weighted by Gasteiger charge is 2.34. The van der Waals surface area contributed by atoms with Gasteiger partial charge in [-0.3, -0.25) is 9.78 Å². The molecule has 0 bridgehead atoms. The number of pyridine rings is 3. The Morgan fingerprint density at radius 1 is 1.14 bits per heavy atom. The predicted molar refractivity (Wildman–Crippen MR) is 169 cm³/mol. The first kappa shape index (κ1) is 30.6. The van der Waals surface area contributed by atoms with Crippen molar-refractivity contribution in [2.24, 2.45) is 0 Å². The Hall–Kier alpha value is -4.31. The number of halogens is 1. The fourth-order valence-corrected chi connectivity index (χ4v) is 5.72. The Morgan fingerprint density at radius 2 is 1.88 bits per heavy atom. The quantitative estimate of drug-likeness (QED) is 0.317. The molecule has 1 aliphatic heterocycles. The standard InChI is InChI=1S/C30H33ClN8O2.CH4/c1-7-23(40)37-14-19(6)38(15-18(37)5)28-21-13-22(31)25(20-9-8-11-34-27(20)32)35-29(21)39(30(41)36-28)26-17(4)10-12-33-24(26)16(2)3;/h7-13,16,18-19H,1,14-15H2,2-6H3,(H2,32,34);1H4/t18-,19+;/m1./s1. The average molecular weight is 589 g/mol. The van der Waals surface area contributed by atoms with E-state index in [4.69, 9.17) is 22.3 Å². The van der Waals surface area contributed by atoms with Gasteiger partial charge in [-0.2, -0.15) is 4.98 Å². The van der Waals surface area contributed by atoms with Crippen molar-refractivity contribution in [3.63, 3.8) is 0 Å². The molecule has 4 aromatic rings. The van der Waals surface area contributed by atoms with Crippen molar-refractivity contribution in [1.29, 1.82) is 0 Å². The molecule has 11 heteroatoms. The Kier molecular flexibility index (Phi) is 8.68. The molecule has 2 N–H and O–H groups in total. The van der Waals surface area contributed by atoms with Crippen LogP contribution in [0.2, 0.25) is 5.02 Å². The molecule has 0 saturated carbocycles. The second-order valence-corrected chi connectivity index (χ2v) is 11.1. The van der Waals surface area contributed by atoms with Crippen LogP contribution in [0.3, 0.4) is 0 Å². The van der Waals surface area contributed by atoms with E-state index in [-0.39, 0.29) is 37.2 Å². The summed E-state index contributed by atoms with van der Waals surface area (Å²) in [5, 5.41) is 0.944. The van der Waals surface area contributed by atoms with Gasteiger partial charge >= 0.3 is 5.69 Å². The molecule has 0 aromatic carbocycles. The fraction of sp³-hybridized carbons (Fsp3) is 0.355. The molecule has 4 aromatic heterocycles. The van der Waals surface area contributed by atoms with Crippen LogP contribution in [0.15, 0.2) is 54.1 Å². The molecule has 0 unspecified atom stereocenters. The topological polar surface area (TPSA) is 123 Å². The van der Waals surface area contributed by atoms with E-state index in [1.165, 1.54) is 10.6 Å². The largest absolute Gasteiger partial charge is 0.383 e. The van der Waals surface area contributed by atoms with Crippen LogP contribution in [0.5, 0.6) is 0 Å². The van der Waals surface area contributed by atoms with Gasteiger partial charge in [0.25, 0.3) is 0 Å². The summed E-state index contributed by atoms with van der Waals surface area (Å²) in [5.74, 6) is 0.631. The number of anilines is 2. The van der Waals surface area contributed by atoms with Gasteiger partial charge in [0.05, 0.1) is 27.5 Å². The van der Waals surface area contributed by atoms with Crippen molar-refractivity contribution in [1.82, 2.24) is 29.4 Å². The highest BCUT2D eigenvalue weighted by Crippen LogP contribution is 2.37. The summed E-state index contributed by atoms with van der Waals surface area (Å²) in [6.45, 7) is 14.5. The van der Waals surface area contributed by atoms with E-state index in [1.54, 1.807) is 35.5 Å². The fourth-order valence-electron chi connectivity index (χ4n) is 5.46. The minimum absolute atomic E-state index is 0. The van der Waals surface area contributed by atoms with E-state index in [0.29, 0.717) is 51.9 Å². The summed E-state index contributed by atoms with van der Waals surface area (Å²) in [6.07, 6.45) is 4.66. The third-order valence-electron chi connectivity index (χ3n) is 7.54. The molecule has 0 aliphatic carbocycles. The van der Waals surface area contributed by atoms with Gasteiger partial charge in [-0.15, -0.1) is 0 Å². The summed E-state index contributed by atoms with van der Waals surface area (Å²) in [4.78, 5) is 48.8. The second-order valence-electron chi connectivity index (χ2n) is 10.7. The number of piperazine rings is 1. The molecule has 5 heterocycles. The number of rotatable bonds is 5. The molecule has 10 nitrogen and oxygen atoms in total. The van der Waals surface area contributed by atoms with Crippen LogP contribution in [0.1, 0.15) is 52.3 Å². The Morgan fingerprint density at radius 3 is 2.55 bits per heavy atom. The average Bonchev–Trinajstić information content (AvgIpc) is 2.94. The summed E-state index contributed by atoms with van der Waals surface area (Å²) < 4.78 is 1.52. The summed E-state index contributed by atoms with van der Waals surface area (Å²) in [6, 6.07) is 6.92. The normalized spacial score (nSPS) is 16.9. The highest BCUT2D eigenvalue weighted by molar-refractivity contribution is 6.34. The van der Waals surface area contributed by atoms with E-state index in [2.05, 4.69) is 21.5 Å². The van der Waals surface area contributed by atoms with Crippen molar-refractivity contribution in [3.8, 4) is 16.9 Å². The van der Waals surface area contributed by atoms with Gasteiger partial charge in [-0.1, -0.05) is 39.5 Å². The van der Waals surface area contributed by atoms with Gasteiger partial charge in [0.1, 0.15) is 11.6 Å². The van der Waals surface area contributed by atoms with Gasteiger partial charge in [-0.05, 0) is 62.6 Å². The zero-order chi connectivity index (χ0) is 29.6. The Labute approximate surface area is 250 Å². The summed E-state index contributed by atoms with van der Waals surface area (Å²) in [5.41, 5.74) is 9.32. The van der Waals surface area contributed by atoms with Gasteiger partial charge in [0.2, 0.25) is 5.91 Å². The number of hydrogen-bond acceptors (Lipinski definition) is 8. The molecule has 2 atom stereocenters. The number of carbonyl (C=O) groups is 1. The van der Waals surface area contributed by atoms with Crippen molar-refractivity contribution >= 4 is 40.2 Å². The lowest BCUT2D eigenvalue weighted by Crippen LogP contribution is -2.58. The van der Waals surface area contributed by atoms with Crippen LogP contribution in [-0.2, 0) is 4.79 Å². The summed E-state index contributed by atoms with van der Waals surface area (Å²) in [7, 11) is 0. The van der Waals surface area contributed by atoms with Crippen LogP contribution in [0.4, 0.5) is 11.6 Å². The first-order chi connectivity index (χ1) is 19.5. The number of aromatic nitrogens is 5. The molecule has 42 heavy (non-hydrogen) atoms. The zero-order valence-corrected chi connectivity index (χ0v) is 24.6. The van der Waals surface area contributed by atoms with Crippen LogP contribution >= 0.6 is 11.6 Å². The van der Waals surface area contributed by atoms with E-state index in [9.17, 15) is 9.59 Å². The monoisotopic (exact) mass is 588 g/mol. The molecule has 5 rings (SSSR count). The third kappa shape index (κ3) is 5.22. The zero-order valence-electron chi connectivity index (χ0n) is 23.8. The number of amides is 1. The number of fused-ring (bicyclic) bond motifs is 1. The SMILES string of the molecule is C.C=CC(=O)N1C[C@H](C)N(c2nc(=O)n(-c3c(C)ccnc3C(C)C)c3nc(-c4cccnc4N)c(Cl)cc23)C[C@H]1C. The van der Waals surface area contributed by atoms with Gasteiger partial charge < -0.3 is 15.5 Å². The van der Waals surface area contributed by atoms with Crippen LogP contribution < -0.4 is 16.3 Å². The lowest BCUT2D eigenvalue weighted by molar-refractivity contribution is -0.128. The van der Waals surface area contributed by atoms with Gasteiger partial charge in [0, 0.05) is 43.1 Å². The van der Waals surface area contributed by atoms with E-state index in [1.807, 2.05) is 45.6 Å². The minimum Gasteiger partial charge on any atom is -0.383 e. The van der Waals surface area contributed by atoms with Crippen molar-refractivity contribution in [2.45, 2.75) is 60.0 Å². The molecule has 220 valence electrons. The van der Waals surface area contributed by atoms with Crippen LogP contribution in [0.25, 0.3) is 28.0 Å². The first-order valence-corrected chi connectivity index (χ1v) is 13.9. The third-order valence-corrected chi connectivity index (χ3v) is 7.82. The molecule has 0 radical (unpaired) electrons. The molecule has 1 aliphatic rings. The Bertz CT molecular complexity index is 1730. The number of nitrogens with zero attached hydrogens (tertiary/aromatic N) is 7. The number of aryl methyl sites for hydroxylation is 1. The van der Waals surface area contributed by atoms with Crippen LogP contribution in [-0.4, -0.2) is 60.5 Å². The molecular formula is C31H37ClN8O2. The lowest BCUT2D eigenvalue weighted by atomic mass is 10.0. The Balaban J connectivity index is 0.00000405. The molecule has 1 fully saturated rings. The highest BCUT2D eigenvalue weighted by atomic mass is 35.5. The van der Waals surface area contributed by atoms with Crippen molar-refractivity contribution < 1.29 is 4.79 Å². The lowest BCUT2D eigenvalue weighted by Gasteiger charge is -2.44. The molecular weight excluding hydrogens is 552 g/mol. The maximum atomic E-state index is 14.0. The van der Waals surface area contributed by atoms with E-state index >= 15 is 0 Å².